The molecule has 4 amide bonds. The van der Waals surface area contributed by atoms with Gasteiger partial charge in [0.1, 0.15) is 46.0 Å². The summed E-state index contributed by atoms with van der Waals surface area (Å²) < 4.78 is 55.6. The molecule has 628 valence electrons. The van der Waals surface area contributed by atoms with E-state index in [1.165, 1.54) is 200 Å². The van der Waals surface area contributed by atoms with Crippen molar-refractivity contribution < 1.29 is 66.7 Å². The third kappa shape index (κ3) is 32.2. The van der Waals surface area contributed by atoms with Crippen LogP contribution in [0.25, 0.3) is 0 Å². The largest absolute Gasteiger partial charge is 0.496 e. The van der Waals surface area contributed by atoms with Gasteiger partial charge in [0.2, 0.25) is 5.75 Å². The number of unbranched alkanes of at least 4 members (excludes halogenated alkanes) is 36. The Hall–Kier alpha value is -9.20. The average molecular weight is 1580 g/mol. The molecule has 6 aromatic rings. The molecule has 0 unspecified atom stereocenters. The number of carbonyl (C=O) groups excluding carboxylic acids is 4. The number of aryl methyl sites for hydroxylation is 1. The van der Waals surface area contributed by atoms with E-state index in [4.69, 9.17) is 42.6 Å². The number of methoxy groups -OCH3 is 5. The highest BCUT2D eigenvalue weighted by Gasteiger charge is 2.33. The second kappa shape index (κ2) is 55.3. The molecule has 0 spiro atoms. The topological polar surface area (TPSA) is 234 Å². The highest BCUT2D eigenvalue weighted by Crippen LogP contribution is 2.45. The van der Waals surface area contributed by atoms with Gasteiger partial charge in [-0.05, 0) is 80.6 Å². The number of hydrogen-bond donors (Lipinski definition) is 3. The third-order valence-corrected chi connectivity index (χ3v) is 20.9. The van der Waals surface area contributed by atoms with Crippen molar-refractivity contribution in [2.24, 2.45) is 0 Å². The lowest BCUT2D eigenvalue weighted by Crippen LogP contribution is -2.28. The number of nitrogens with zero attached hydrogens (tertiary/aromatic N) is 2. The Labute approximate surface area is 682 Å². The van der Waals surface area contributed by atoms with E-state index in [9.17, 15) is 14.9 Å². The SMILES string of the molecule is CCCCCCCCCCCCOc1cc(OC)c(C(=O)Nc2cc(C)ccc2OC)cc1NC(=O)c1cc(N(C(=O)c2cc(NC(=O)c3cc([N+](=O)[O-])c(OCCCCCCCCCCCC)cc3OC)c(OCCCCCCCCCCCC)cc2OC)c2ccccc2)c(OCCCCCCCCCCCC)cc1OC. The van der Waals surface area contributed by atoms with Gasteiger partial charge in [-0.15, -0.1) is 0 Å². The predicted octanol–water partition coefficient (Wildman–Crippen LogP) is 25.9. The molecule has 114 heavy (non-hydrogen) atoms. The van der Waals surface area contributed by atoms with Crippen molar-refractivity contribution in [3.8, 4) is 51.7 Å². The van der Waals surface area contributed by atoms with E-state index < -0.39 is 34.2 Å². The maximum absolute atomic E-state index is 16.5. The fraction of sp³-hybridized carbons (Fsp3) is 0.574. The minimum Gasteiger partial charge on any atom is -0.496 e. The molecule has 0 saturated heterocycles. The molecular weight excluding hydrogens is 1440 g/mol. The van der Waals surface area contributed by atoms with Gasteiger partial charge in [0, 0.05) is 36.0 Å². The molecule has 6 aromatic carbocycles. The first-order chi connectivity index (χ1) is 55.7. The van der Waals surface area contributed by atoms with Gasteiger partial charge in [0.25, 0.3) is 23.6 Å². The Kier molecular flexibility index (Phi) is 45.5. The van der Waals surface area contributed by atoms with Crippen LogP contribution < -0.4 is 63.5 Å². The van der Waals surface area contributed by atoms with E-state index in [0.717, 1.165) is 108 Å². The minimum absolute atomic E-state index is 0.0200. The fourth-order valence-corrected chi connectivity index (χ4v) is 14.2. The second-order valence-corrected chi connectivity index (χ2v) is 30.1. The number of nitrogens with one attached hydrogen (secondary N) is 3. The van der Waals surface area contributed by atoms with Gasteiger partial charge in [-0.2, -0.15) is 0 Å². The molecule has 0 aromatic heterocycles. The molecular formula is C94H137N5O15. The normalized spacial score (nSPS) is 11.1. The number of nitro benzene ring substituents is 1. The van der Waals surface area contributed by atoms with Crippen LogP contribution >= 0.6 is 0 Å². The summed E-state index contributed by atoms with van der Waals surface area (Å²) >= 11 is 0. The Morgan fingerprint density at radius 1 is 0.325 bits per heavy atom. The van der Waals surface area contributed by atoms with Crippen molar-refractivity contribution in [3.05, 3.63) is 135 Å². The zero-order valence-electron chi connectivity index (χ0n) is 70.9. The Balaban J connectivity index is 1.44. The van der Waals surface area contributed by atoms with E-state index in [1.807, 2.05) is 19.1 Å². The van der Waals surface area contributed by atoms with Crippen molar-refractivity contribution in [3.63, 3.8) is 0 Å². The average Bonchev–Trinajstić information content (AvgIpc) is 0.766. The maximum Gasteiger partial charge on any atom is 0.312 e. The van der Waals surface area contributed by atoms with Crippen LogP contribution in [0.15, 0.2) is 97.1 Å². The number of carbonyl (C=O) groups is 4. The first kappa shape index (κ1) is 93.7. The molecule has 20 nitrogen and oxygen atoms in total. The van der Waals surface area contributed by atoms with Crippen molar-refractivity contribution in [1.82, 2.24) is 0 Å². The first-order valence-electron chi connectivity index (χ1n) is 43.2. The van der Waals surface area contributed by atoms with Crippen LogP contribution in [-0.4, -0.2) is 90.5 Å². The summed E-state index contributed by atoms with van der Waals surface area (Å²) in [5.74, 6) is -1.24. The van der Waals surface area contributed by atoms with Crippen molar-refractivity contribution in [2.75, 3.05) is 82.8 Å². The Bertz CT molecular complexity index is 3810. The van der Waals surface area contributed by atoms with E-state index in [1.54, 1.807) is 60.7 Å². The lowest BCUT2D eigenvalue weighted by atomic mass is 10.1. The summed E-state index contributed by atoms with van der Waals surface area (Å²) in [5, 5.41) is 21.9. The standard InChI is InChI=1S/C94H137N5O15/c1-11-15-19-23-27-31-35-39-43-50-58-111-87-67-83(107-7)73(91(100)95-77-62-71(5)56-57-82(77)106-6)63-78(87)96-92(101)74-65-80(89(69-84(74)108-8)113-60-52-45-41-37-33-29-25-21-17-13-3)98(72-54-48-47-49-55-72)94(103)76-64-79(88(68-86(76)110-10)112-59-51-44-40-36-32-28-24-20-16-12-2)97-93(102)75-66-81(99(104)105)90(70-85(75)109-9)114-61-53-46-42-38-34-30-26-22-18-14-4/h47-49,54-57,62-70H,11-46,50-53,58-61H2,1-10H3,(H,95,100)(H,96,101)(H,97,102). The van der Waals surface area contributed by atoms with Crippen LogP contribution in [0.3, 0.4) is 0 Å². The van der Waals surface area contributed by atoms with Gasteiger partial charge in [0.05, 0.1) is 112 Å². The molecule has 0 fully saturated rings. The number of benzene rings is 6. The van der Waals surface area contributed by atoms with Crippen LogP contribution in [0.2, 0.25) is 0 Å². The second-order valence-electron chi connectivity index (χ2n) is 30.1. The number of rotatable bonds is 63. The Morgan fingerprint density at radius 2 is 0.623 bits per heavy atom. The number of ether oxygens (including phenoxy) is 9. The lowest BCUT2D eigenvalue weighted by Gasteiger charge is -2.28. The van der Waals surface area contributed by atoms with E-state index in [-0.39, 0.29) is 105 Å². The first-order valence-corrected chi connectivity index (χ1v) is 43.2. The highest BCUT2D eigenvalue weighted by molar-refractivity contribution is 6.17. The highest BCUT2D eigenvalue weighted by atomic mass is 16.6. The molecule has 0 bridgehead atoms. The predicted molar refractivity (Wildman–Crippen MR) is 462 cm³/mol. The lowest BCUT2D eigenvalue weighted by molar-refractivity contribution is -0.385. The maximum atomic E-state index is 16.5. The summed E-state index contributed by atoms with van der Waals surface area (Å²) in [6.45, 7) is 11.8. The number of nitro groups is 1. The number of anilines is 5. The van der Waals surface area contributed by atoms with Gasteiger partial charge >= 0.3 is 5.69 Å². The number of para-hydroxylation sites is 1. The summed E-state index contributed by atoms with van der Waals surface area (Å²) in [5.41, 5.74) is 1.47. The molecule has 0 saturated carbocycles. The molecule has 0 radical (unpaired) electrons. The van der Waals surface area contributed by atoms with Crippen molar-refractivity contribution in [2.45, 2.75) is 291 Å². The molecule has 0 aliphatic rings. The molecule has 20 heteroatoms. The zero-order chi connectivity index (χ0) is 81.9. The van der Waals surface area contributed by atoms with Gasteiger partial charge in [0.15, 0.2) is 0 Å². The van der Waals surface area contributed by atoms with E-state index in [2.05, 4.69) is 43.6 Å². The molecule has 0 heterocycles. The smallest absolute Gasteiger partial charge is 0.312 e. The fourth-order valence-electron chi connectivity index (χ4n) is 14.2. The van der Waals surface area contributed by atoms with Crippen molar-refractivity contribution in [1.29, 1.82) is 0 Å². The van der Waals surface area contributed by atoms with Gasteiger partial charge in [-0.3, -0.25) is 34.2 Å². The van der Waals surface area contributed by atoms with E-state index in [0.29, 0.717) is 43.0 Å². The van der Waals surface area contributed by atoms with Crippen LogP contribution in [-0.2, 0) is 0 Å². The van der Waals surface area contributed by atoms with Gasteiger partial charge in [-0.1, -0.05) is 283 Å². The summed E-state index contributed by atoms with van der Waals surface area (Å²) in [7, 11) is 7.26. The van der Waals surface area contributed by atoms with E-state index >= 15 is 14.4 Å². The van der Waals surface area contributed by atoms with Crippen LogP contribution in [0, 0.1) is 17.0 Å². The van der Waals surface area contributed by atoms with Gasteiger partial charge in [-0.25, -0.2) is 0 Å². The summed E-state index contributed by atoms with van der Waals surface area (Å²) in [4.78, 5) is 75.6. The third-order valence-electron chi connectivity index (χ3n) is 20.9. The molecule has 3 N–H and O–H groups in total. The van der Waals surface area contributed by atoms with Crippen LogP contribution in [0.4, 0.5) is 34.1 Å². The summed E-state index contributed by atoms with van der Waals surface area (Å²) in [6.07, 6.45) is 44.4. The molecule has 0 atom stereocenters. The molecule has 0 aliphatic carbocycles. The minimum atomic E-state index is -0.791. The number of amides is 4. The molecule has 6 rings (SSSR count). The summed E-state index contributed by atoms with van der Waals surface area (Å²) in [6, 6.07) is 26.2. The van der Waals surface area contributed by atoms with Crippen LogP contribution in [0.1, 0.15) is 332 Å². The molecule has 0 aliphatic heterocycles. The number of hydrogen-bond acceptors (Lipinski definition) is 15. The quantitative estimate of drug-likeness (QED) is 0.0183. The van der Waals surface area contributed by atoms with Crippen LogP contribution in [0.5, 0.6) is 51.7 Å². The zero-order valence-corrected chi connectivity index (χ0v) is 70.9. The van der Waals surface area contributed by atoms with Gasteiger partial charge < -0.3 is 58.6 Å². The van der Waals surface area contributed by atoms with Crippen molar-refractivity contribution >= 4 is 57.8 Å². The monoisotopic (exact) mass is 1580 g/mol. The Morgan fingerprint density at radius 3 is 0.991 bits per heavy atom.